The van der Waals surface area contributed by atoms with Gasteiger partial charge in [-0.3, -0.25) is 0 Å². The average molecular weight is 337 g/mol. The van der Waals surface area contributed by atoms with Crippen molar-refractivity contribution in [3.63, 3.8) is 0 Å². The number of hydrogen-bond donors (Lipinski definition) is 1. The van der Waals surface area contributed by atoms with Gasteiger partial charge >= 0.3 is 0 Å². The van der Waals surface area contributed by atoms with Crippen LogP contribution >= 0.6 is 0 Å². The van der Waals surface area contributed by atoms with Crippen LogP contribution < -0.4 is 10.5 Å². The summed E-state index contributed by atoms with van der Waals surface area (Å²) in [5.41, 5.74) is 6.23. The summed E-state index contributed by atoms with van der Waals surface area (Å²) in [6.07, 6.45) is 0.568. The number of nitrogens with zero attached hydrogens (tertiary/aromatic N) is 2. The van der Waals surface area contributed by atoms with Gasteiger partial charge in [-0.2, -0.15) is 4.98 Å². The Kier molecular flexibility index (Phi) is 5.39. The highest BCUT2D eigenvalue weighted by Crippen LogP contribution is 2.34. The Hall–Kier alpha value is -2.03. The molecule has 1 saturated heterocycles. The number of halogens is 1. The molecule has 3 rings (SSSR count). The molecule has 0 unspecified atom stereocenters. The summed E-state index contributed by atoms with van der Waals surface area (Å²) in [4.78, 5) is 4.32. The minimum absolute atomic E-state index is 0.154. The molecular formula is C16H20FN3O4. The minimum atomic E-state index is -0.494. The first kappa shape index (κ1) is 16.8. The van der Waals surface area contributed by atoms with Crippen molar-refractivity contribution in [2.24, 2.45) is 11.7 Å². The fourth-order valence-corrected chi connectivity index (χ4v) is 2.61. The zero-order valence-electron chi connectivity index (χ0n) is 13.4. The molecule has 0 radical (unpaired) electrons. The number of hydrogen-bond acceptors (Lipinski definition) is 7. The van der Waals surface area contributed by atoms with Gasteiger partial charge in [-0.05, 0) is 31.2 Å². The molecule has 2 atom stereocenters. The van der Waals surface area contributed by atoms with Crippen molar-refractivity contribution >= 4 is 0 Å². The number of ether oxygens (including phenoxy) is 3. The second kappa shape index (κ2) is 7.69. The van der Waals surface area contributed by atoms with Gasteiger partial charge in [0.2, 0.25) is 5.82 Å². The highest BCUT2D eigenvalue weighted by molar-refractivity contribution is 5.56. The Morgan fingerprint density at radius 3 is 3.00 bits per heavy atom. The van der Waals surface area contributed by atoms with Crippen molar-refractivity contribution in [3.05, 3.63) is 29.9 Å². The zero-order valence-corrected chi connectivity index (χ0v) is 13.4. The number of rotatable bonds is 7. The van der Waals surface area contributed by atoms with Gasteiger partial charge in [0.1, 0.15) is 12.7 Å². The predicted octanol–water partition coefficient (Wildman–Crippen LogP) is 1.94. The van der Waals surface area contributed by atoms with Gasteiger partial charge in [-0.15, -0.1) is 0 Å². The van der Waals surface area contributed by atoms with Crippen LogP contribution in [0, 0.1) is 11.7 Å². The average Bonchev–Trinajstić information content (AvgIpc) is 3.25. The fourth-order valence-electron chi connectivity index (χ4n) is 2.61. The van der Waals surface area contributed by atoms with Gasteiger partial charge in [0.05, 0.1) is 6.61 Å². The highest BCUT2D eigenvalue weighted by Gasteiger charge is 2.33. The molecule has 0 saturated carbocycles. The standard InChI is InChI=1S/C16H20FN3O4/c1-21-6-7-22-13-3-2-10(8-12(13)17)15-19-16(24-20-15)14-11(9-18)4-5-23-14/h2-3,8,11,14H,4-7,9,18H2,1H3/t11-,14-/m0/s1. The third-order valence-electron chi connectivity index (χ3n) is 3.94. The Labute approximate surface area is 138 Å². The van der Waals surface area contributed by atoms with E-state index in [-0.39, 0.29) is 24.4 Å². The molecule has 0 bridgehead atoms. The Morgan fingerprint density at radius 1 is 1.38 bits per heavy atom. The highest BCUT2D eigenvalue weighted by atomic mass is 19.1. The molecule has 2 heterocycles. The molecule has 1 aromatic heterocycles. The first-order valence-electron chi connectivity index (χ1n) is 7.80. The summed E-state index contributed by atoms with van der Waals surface area (Å²) < 4.78 is 35.1. The van der Waals surface area contributed by atoms with E-state index in [9.17, 15) is 4.39 Å². The van der Waals surface area contributed by atoms with Crippen molar-refractivity contribution < 1.29 is 23.1 Å². The monoisotopic (exact) mass is 337 g/mol. The topological polar surface area (TPSA) is 92.6 Å². The van der Waals surface area contributed by atoms with E-state index in [0.29, 0.717) is 37.0 Å². The van der Waals surface area contributed by atoms with E-state index in [2.05, 4.69) is 10.1 Å². The molecule has 2 N–H and O–H groups in total. The van der Waals surface area contributed by atoms with Crippen molar-refractivity contribution in [2.75, 3.05) is 33.5 Å². The van der Waals surface area contributed by atoms with Crippen LogP contribution in [0.3, 0.4) is 0 Å². The van der Waals surface area contributed by atoms with Gasteiger partial charge in [0.25, 0.3) is 5.89 Å². The molecule has 8 heteroatoms. The van der Waals surface area contributed by atoms with Crippen LogP contribution in [0.1, 0.15) is 18.4 Å². The smallest absolute Gasteiger partial charge is 0.256 e. The maximum absolute atomic E-state index is 14.1. The second-order valence-electron chi connectivity index (χ2n) is 5.52. The molecule has 7 nitrogen and oxygen atoms in total. The van der Waals surface area contributed by atoms with Gasteiger partial charge in [-0.1, -0.05) is 5.16 Å². The number of aromatic nitrogens is 2. The number of nitrogens with two attached hydrogens (primary N) is 1. The quantitative estimate of drug-likeness (QED) is 0.772. The molecule has 130 valence electrons. The minimum Gasteiger partial charge on any atom is -0.488 e. The number of benzene rings is 1. The normalized spacial score (nSPS) is 20.5. The molecule has 0 aliphatic carbocycles. The summed E-state index contributed by atoms with van der Waals surface area (Å²) in [6, 6.07) is 4.52. The molecule has 1 aliphatic heterocycles. The van der Waals surface area contributed by atoms with Crippen molar-refractivity contribution in [1.82, 2.24) is 10.1 Å². The fraction of sp³-hybridized carbons (Fsp3) is 0.500. The van der Waals surface area contributed by atoms with Crippen LogP contribution in [0.15, 0.2) is 22.7 Å². The molecule has 0 spiro atoms. The summed E-state index contributed by atoms with van der Waals surface area (Å²) in [6.45, 7) is 1.77. The van der Waals surface area contributed by atoms with Crippen LogP contribution in [0.5, 0.6) is 5.75 Å². The Bertz CT molecular complexity index is 679. The largest absolute Gasteiger partial charge is 0.488 e. The maximum atomic E-state index is 14.1. The van der Waals surface area contributed by atoms with Crippen LogP contribution in [0.2, 0.25) is 0 Å². The van der Waals surface area contributed by atoms with E-state index in [1.54, 1.807) is 13.2 Å². The van der Waals surface area contributed by atoms with Crippen molar-refractivity contribution in [3.8, 4) is 17.1 Å². The van der Waals surface area contributed by atoms with E-state index in [1.165, 1.54) is 12.1 Å². The molecule has 2 aromatic rings. The maximum Gasteiger partial charge on any atom is 0.256 e. The van der Waals surface area contributed by atoms with Crippen LogP contribution in [-0.2, 0) is 9.47 Å². The van der Waals surface area contributed by atoms with Gasteiger partial charge < -0.3 is 24.5 Å². The molecular weight excluding hydrogens is 317 g/mol. The van der Waals surface area contributed by atoms with E-state index < -0.39 is 5.82 Å². The Balaban J connectivity index is 1.74. The summed E-state index contributed by atoms with van der Waals surface area (Å²) in [5, 5.41) is 3.91. The third kappa shape index (κ3) is 3.55. The van der Waals surface area contributed by atoms with Gasteiger partial charge in [0, 0.05) is 25.2 Å². The molecule has 1 fully saturated rings. The van der Waals surface area contributed by atoms with Gasteiger partial charge in [0.15, 0.2) is 11.6 Å². The summed E-state index contributed by atoms with van der Waals surface area (Å²) in [7, 11) is 1.56. The van der Waals surface area contributed by atoms with E-state index in [1.807, 2.05) is 0 Å². The van der Waals surface area contributed by atoms with Crippen LogP contribution in [-0.4, -0.2) is 43.6 Å². The van der Waals surface area contributed by atoms with Crippen molar-refractivity contribution in [2.45, 2.75) is 12.5 Å². The second-order valence-corrected chi connectivity index (χ2v) is 5.52. The molecule has 1 aliphatic rings. The Morgan fingerprint density at radius 2 is 2.25 bits per heavy atom. The lowest BCUT2D eigenvalue weighted by Crippen LogP contribution is -2.18. The lowest BCUT2D eigenvalue weighted by Gasteiger charge is -2.11. The summed E-state index contributed by atoms with van der Waals surface area (Å²) >= 11 is 0. The van der Waals surface area contributed by atoms with E-state index >= 15 is 0 Å². The van der Waals surface area contributed by atoms with Crippen molar-refractivity contribution in [1.29, 1.82) is 0 Å². The molecule has 0 amide bonds. The van der Waals surface area contributed by atoms with Gasteiger partial charge in [-0.25, -0.2) is 4.39 Å². The van der Waals surface area contributed by atoms with E-state index in [0.717, 1.165) is 6.42 Å². The van der Waals surface area contributed by atoms with E-state index in [4.69, 9.17) is 24.5 Å². The molecule has 24 heavy (non-hydrogen) atoms. The first-order valence-corrected chi connectivity index (χ1v) is 7.80. The molecule has 1 aromatic carbocycles. The van der Waals surface area contributed by atoms with Crippen LogP contribution in [0.4, 0.5) is 4.39 Å². The third-order valence-corrected chi connectivity index (χ3v) is 3.94. The lowest BCUT2D eigenvalue weighted by atomic mass is 10.0. The van der Waals surface area contributed by atoms with Crippen LogP contribution in [0.25, 0.3) is 11.4 Å². The zero-order chi connectivity index (χ0) is 16.9. The lowest BCUT2D eigenvalue weighted by molar-refractivity contribution is 0.0642. The summed E-state index contributed by atoms with van der Waals surface area (Å²) in [5.74, 6) is 0.498. The first-order chi connectivity index (χ1) is 11.7. The predicted molar refractivity (Wildman–Crippen MR) is 82.9 cm³/mol. The SMILES string of the molecule is COCCOc1ccc(-c2noc([C@H]3OCC[C@H]3CN)n2)cc1F. The number of methoxy groups -OCH3 is 1.